The van der Waals surface area contributed by atoms with Gasteiger partial charge >= 0.3 is 0 Å². The second-order valence-electron chi connectivity index (χ2n) is 8.06. The van der Waals surface area contributed by atoms with Gasteiger partial charge in [0.25, 0.3) is 0 Å². The minimum atomic E-state index is -4.12. The summed E-state index contributed by atoms with van der Waals surface area (Å²) in [5.41, 5.74) is -0.904. The van der Waals surface area contributed by atoms with Crippen molar-refractivity contribution in [3.05, 3.63) is 45.3 Å². The first-order chi connectivity index (χ1) is 16.0. The molecule has 188 valence electrons. The number of rotatable bonds is 11. The van der Waals surface area contributed by atoms with Crippen LogP contribution in [0.1, 0.15) is 19.3 Å². The fraction of sp³-hybridized carbons (Fsp3) is 0.455. The summed E-state index contributed by atoms with van der Waals surface area (Å²) < 4.78 is 88.6. The van der Waals surface area contributed by atoms with Crippen molar-refractivity contribution < 1.29 is 35.8 Å². The number of sulfonamides is 1. The summed E-state index contributed by atoms with van der Waals surface area (Å²) >= 11 is 1.92. The van der Waals surface area contributed by atoms with Gasteiger partial charge < -0.3 is 19.1 Å². The van der Waals surface area contributed by atoms with Gasteiger partial charge in [-0.15, -0.1) is 0 Å². The van der Waals surface area contributed by atoms with Crippen molar-refractivity contribution in [1.82, 2.24) is 0 Å². The highest BCUT2D eigenvalue weighted by Gasteiger charge is 2.56. The van der Waals surface area contributed by atoms with E-state index in [4.69, 9.17) is 14.2 Å². The lowest BCUT2D eigenvalue weighted by molar-refractivity contribution is 0.0218. The SMILES string of the molecule is COC[C@@H](CC1(S(=O)(=O)Nc2c(OC)cc(F)c(F)c2N(C)c2ccc(I)cc2F)CC1)OC. The molecule has 0 bridgehead atoms. The van der Waals surface area contributed by atoms with Crippen LogP contribution in [-0.2, 0) is 19.5 Å². The summed E-state index contributed by atoms with van der Waals surface area (Å²) in [5.74, 6) is -3.55. The molecule has 2 aromatic carbocycles. The van der Waals surface area contributed by atoms with E-state index in [9.17, 15) is 17.2 Å². The van der Waals surface area contributed by atoms with Crippen LogP contribution < -0.4 is 14.4 Å². The van der Waals surface area contributed by atoms with E-state index in [1.807, 2.05) is 22.6 Å². The third kappa shape index (κ3) is 5.24. The number of nitrogens with zero attached hydrogens (tertiary/aromatic N) is 1. The van der Waals surface area contributed by atoms with E-state index in [2.05, 4.69) is 4.72 Å². The summed E-state index contributed by atoms with van der Waals surface area (Å²) in [6.07, 6.45) is 0.387. The van der Waals surface area contributed by atoms with Gasteiger partial charge in [-0.1, -0.05) is 0 Å². The van der Waals surface area contributed by atoms with Crippen molar-refractivity contribution in [1.29, 1.82) is 0 Å². The van der Waals surface area contributed by atoms with Crippen LogP contribution in [0.15, 0.2) is 24.3 Å². The van der Waals surface area contributed by atoms with Crippen LogP contribution in [0.4, 0.5) is 30.2 Å². The maximum absolute atomic E-state index is 15.1. The molecule has 1 saturated carbocycles. The number of ether oxygens (including phenoxy) is 3. The Hall–Kier alpha value is -1.77. The Morgan fingerprint density at radius 3 is 2.35 bits per heavy atom. The first kappa shape index (κ1) is 26.8. The number of hydrogen-bond donors (Lipinski definition) is 1. The Bertz CT molecular complexity index is 1160. The van der Waals surface area contributed by atoms with E-state index in [1.54, 1.807) is 6.07 Å². The molecule has 1 N–H and O–H groups in total. The summed E-state index contributed by atoms with van der Waals surface area (Å²) in [4.78, 5) is 1.05. The highest BCUT2D eigenvalue weighted by molar-refractivity contribution is 14.1. The molecule has 1 aliphatic rings. The summed E-state index contributed by atoms with van der Waals surface area (Å²) in [7, 11) is 1.34. The minimum Gasteiger partial charge on any atom is -0.494 e. The summed E-state index contributed by atoms with van der Waals surface area (Å²) in [6.45, 7) is 0.197. The van der Waals surface area contributed by atoms with Gasteiger partial charge in [-0.25, -0.2) is 21.6 Å². The highest BCUT2D eigenvalue weighted by Crippen LogP contribution is 2.50. The molecular weight excluding hydrogens is 588 g/mol. The van der Waals surface area contributed by atoms with Crippen molar-refractivity contribution in [3.63, 3.8) is 0 Å². The highest BCUT2D eigenvalue weighted by atomic mass is 127. The van der Waals surface area contributed by atoms with Crippen LogP contribution in [0.25, 0.3) is 0 Å². The first-order valence-corrected chi connectivity index (χ1v) is 12.8. The Morgan fingerprint density at radius 2 is 1.82 bits per heavy atom. The van der Waals surface area contributed by atoms with E-state index in [0.29, 0.717) is 16.4 Å². The van der Waals surface area contributed by atoms with E-state index >= 15 is 4.39 Å². The molecule has 0 saturated heterocycles. The van der Waals surface area contributed by atoms with Gasteiger partial charge in [0, 0.05) is 30.9 Å². The van der Waals surface area contributed by atoms with Crippen LogP contribution >= 0.6 is 22.6 Å². The molecule has 0 heterocycles. The van der Waals surface area contributed by atoms with Crippen LogP contribution in [0, 0.1) is 21.0 Å². The van der Waals surface area contributed by atoms with Crippen molar-refractivity contribution in [3.8, 4) is 5.75 Å². The summed E-state index contributed by atoms with van der Waals surface area (Å²) in [6, 6.07) is 4.96. The number of halogens is 4. The minimum absolute atomic E-state index is 0.0758. The van der Waals surface area contributed by atoms with Gasteiger partial charge in [0.05, 0.1) is 30.3 Å². The Balaban J connectivity index is 2.08. The molecule has 2 aromatic rings. The van der Waals surface area contributed by atoms with Crippen molar-refractivity contribution >= 4 is 49.7 Å². The van der Waals surface area contributed by atoms with E-state index in [0.717, 1.165) is 11.0 Å². The molecule has 1 aliphatic carbocycles. The maximum Gasteiger partial charge on any atom is 0.238 e. The zero-order valence-electron chi connectivity index (χ0n) is 19.1. The van der Waals surface area contributed by atoms with Crippen molar-refractivity contribution in [2.24, 2.45) is 0 Å². The lowest BCUT2D eigenvalue weighted by Crippen LogP contribution is -2.36. The van der Waals surface area contributed by atoms with Gasteiger partial charge in [-0.05, 0) is 60.1 Å². The van der Waals surface area contributed by atoms with E-state index < -0.39 is 44.0 Å². The predicted molar refractivity (Wildman–Crippen MR) is 132 cm³/mol. The average molecular weight is 614 g/mol. The monoisotopic (exact) mass is 614 g/mol. The number of hydrogen-bond acceptors (Lipinski definition) is 6. The zero-order valence-corrected chi connectivity index (χ0v) is 22.1. The molecule has 1 fully saturated rings. The number of methoxy groups -OCH3 is 3. The Morgan fingerprint density at radius 1 is 1.15 bits per heavy atom. The average Bonchev–Trinajstić information content (AvgIpc) is 3.57. The van der Waals surface area contributed by atoms with Gasteiger partial charge in [0.15, 0.2) is 11.6 Å². The van der Waals surface area contributed by atoms with Crippen LogP contribution in [0.3, 0.4) is 0 Å². The molecular formula is C22H26F3IN2O5S. The van der Waals surface area contributed by atoms with Gasteiger partial charge in [-0.3, -0.25) is 4.72 Å². The molecule has 0 radical (unpaired) electrons. The van der Waals surface area contributed by atoms with Crippen LogP contribution in [0.5, 0.6) is 5.75 Å². The smallest absolute Gasteiger partial charge is 0.238 e. The largest absolute Gasteiger partial charge is 0.494 e. The molecule has 0 spiro atoms. The normalized spacial score (nSPS) is 15.6. The maximum atomic E-state index is 15.1. The topological polar surface area (TPSA) is 77.1 Å². The van der Waals surface area contributed by atoms with Crippen molar-refractivity contribution in [2.75, 3.05) is 44.6 Å². The van der Waals surface area contributed by atoms with E-state index in [-0.39, 0.29) is 30.2 Å². The van der Waals surface area contributed by atoms with Crippen LogP contribution in [0.2, 0.25) is 0 Å². The molecule has 0 aliphatic heterocycles. The van der Waals surface area contributed by atoms with Crippen molar-refractivity contribution in [2.45, 2.75) is 30.1 Å². The Labute approximate surface area is 210 Å². The molecule has 12 heteroatoms. The standard InChI is InChI=1S/C22H26F3IN2O5S/c1-28(17-6-5-13(26)9-15(17)23)21-19(25)16(24)10-18(33-4)20(21)27-34(29,30)22(7-8-22)11-14(32-3)12-31-2/h5-6,9-10,14,27H,7-8,11-12H2,1-4H3/t14-/m1/s1. The second-order valence-corrected chi connectivity index (χ2v) is 11.4. The molecule has 0 unspecified atom stereocenters. The second kappa shape index (κ2) is 10.5. The van der Waals surface area contributed by atoms with Crippen LogP contribution in [-0.4, -0.2) is 54.3 Å². The summed E-state index contributed by atoms with van der Waals surface area (Å²) in [5, 5.41) is 0. The van der Waals surface area contributed by atoms with E-state index in [1.165, 1.54) is 40.5 Å². The molecule has 34 heavy (non-hydrogen) atoms. The molecule has 7 nitrogen and oxygen atoms in total. The third-order valence-electron chi connectivity index (χ3n) is 5.88. The fourth-order valence-corrected chi connectivity index (χ4v) is 5.99. The zero-order chi connectivity index (χ0) is 25.3. The first-order valence-electron chi connectivity index (χ1n) is 10.3. The van der Waals surface area contributed by atoms with Gasteiger partial charge in [-0.2, -0.15) is 0 Å². The number of nitrogens with one attached hydrogen (secondary N) is 1. The van der Waals surface area contributed by atoms with Gasteiger partial charge in [0.2, 0.25) is 10.0 Å². The predicted octanol–water partition coefficient (Wildman–Crippen LogP) is 4.81. The van der Waals surface area contributed by atoms with Gasteiger partial charge in [0.1, 0.15) is 22.9 Å². The quantitative estimate of drug-likeness (QED) is 0.367. The molecule has 1 atom stereocenters. The third-order valence-corrected chi connectivity index (χ3v) is 8.74. The molecule has 0 amide bonds. The lowest BCUT2D eigenvalue weighted by Gasteiger charge is -2.28. The molecule has 0 aromatic heterocycles. The Kier molecular flexibility index (Phi) is 8.26. The lowest BCUT2D eigenvalue weighted by atomic mass is 10.2. The molecule has 3 rings (SSSR count). The number of benzene rings is 2. The number of anilines is 3. The fourth-order valence-electron chi connectivity index (χ4n) is 3.81.